The first kappa shape index (κ1) is 20.3. The van der Waals surface area contributed by atoms with Crippen LogP contribution in [0.4, 0.5) is 11.5 Å². The van der Waals surface area contributed by atoms with E-state index in [-0.39, 0.29) is 11.7 Å². The molecule has 0 radical (unpaired) electrons. The zero-order chi connectivity index (χ0) is 20.8. The van der Waals surface area contributed by atoms with Gasteiger partial charge in [0, 0.05) is 37.3 Å². The molecule has 0 saturated carbocycles. The number of benzene rings is 2. The van der Waals surface area contributed by atoms with Crippen LogP contribution in [0.3, 0.4) is 0 Å². The van der Waals surface area contributed by atoms with E-state index in [1.165, 1.54) is 5.56 Å². The molecule has 4 rings (SSSR count). The summed E-state index contributed by atoms with van der Waals surface area (Å²) in [5.41, 5.74) is 2.93. The van der Waals surface area contributed by atoms with Crippen molar-refractivity contribution in [1.29, 1.82) is 0 Å². The highest BCUT2D eigenvalue weighted by molar-refractivity contribution is 5.97. The van der Waals surface area contributed by atoms with Crippen molar-refractivity contribution in [1.82, 2.24) is 20.2 Å². The quantitative estimate of drug-likeness (QED) is 0.629. The zero-order valence-electron chi connectivity index (χ0n) is 17.2. The van der Waals surface area contributed by atoms with Crippen molar-refractivity contribution >= 4 is 28.3 Å². The molecular formula is C23H27N5O2. The lowest BCUT2D eigenvalue weighted by Crippen LogP contribution is -2.41. The summed E-state index contributed by atoms with van der Waals surface area (Å²) in [5.74, 6) is 0.532. The van der Waals surface area contributed by atoms with Crippen molar-refractivity contribution < 1.29 is 9.53 Å². The molecule has 2 aromatic carbocycles. The van der Waals surface area contributed by atoms with Gasteiger partial charge in [0.05, 0.1) is 18.7 Å². The van der Waals surface area contributed by atoms with Gasteiger partial charge >= 0.3 is 0 Å². The van der Waals surface area contributed by atoms with Gasteiger partial charge < -0.3 is 15.4 Å². The van der Waals surface area contributed by atoms with Crippen molar-refractivity contribution in [3.05, 3.63) is 59.9 Å². The molecule has 0 aliphatic carbocycles. The highest BCUT2D eigenvalue weighted by Gasteiger charge is 2.15. The van der Waals surface area contributed by atoms with Gasteiger partial charge in [-0.3, -0.25) is 9.69 Å². The maximum Gasteiger partial charge on any atom is 0.289 e. The summed E-state index contributed by atoms with van der Waals surface area (Å²) in [6, 6.07) is 15.9. The number of aromatic nitrogens is 2. The number of carbonyl (C=O) groups is 1. The lowest BCUT2D eigenvalue weighted by molar-refractivity contribution is 0.0383. The summed E-state index contributed by atoms with van der Waals surface area (Å²) in [4.78, 5) is 24.0. The number of carbonyl (C=O) groups excluding carboxylic acids is 1. The van der Waals surface area contributed by atoms with E-state index in [0.717, 1.165) is 55.9 Å². The molecule has 156 valence electrons. The van der Waals surface area contributed by atoms with Crippen LogP contribution in [0.2, 0.25) is 0 Å². The average Bonchev–Trinajstić information content (AvgIpc) is 2.80. The second kappa shape index (κ2) is 9.65. The molecule has 2 heterocycles. The first-order valence-corrected chi connectivity index (χ1v) is 10.4. The molecule has 0 unspecified atom stereocenters. The van der Waals surface area contributed by atoms with Crippen LogP contribution in [0.1, 0.15) is 23.1 Å². The fourth-order valence-corrected chi connectivity index (χ4v) is 3.47. The van der Waals surface area contributed by atoms with Crippen LogP contribution in [0.5, 0.6) is 0 Å². The second-order valence-corrected chi connectivity index (χ2v) is 7.30. The Morgan fingerprint density at radius 2 is 1.83 bits per heavy atom. The summed E-state index contributed by atoms with van der Waals surface area (Å²) in [7, 11) is 0. The fourth-order valence-electron chi connectivity index (χ4n) is 3.47. The van der Waals surface area contributed by atoms with Crippen molar-refractivity contribution in [3.63, 3.8) is 0 Å². The summed E-state index contributed by atoms with van der Waals surface area (Å²) in [5, 5.41) is 7.17. The molecule has 1 fully saturated rings. The van der Waals surface area contributed by atoms with E-state index in [1.807, 2.05) is 36.4 Å². The van der Waals surface area contributed by atoms with E-state index in [2.05, 4.69) is 44.6 Å². The lowest BCUT2D eigenvalue weighted by Gasteiger charge is -2.26. The van der Waals surface area contributed by atoms with E-state index < -0.39 is 0 Å². The molecule has 1 aromatic heterocycles. The Labute approximate surface area is 176 Å². The van der Waals surface area contributed by atoms with Crippen LogP contribution in [0.15, 0.2) is 48.5 Å². The van der Waals surface area contributed by atoms with E-state index in [0.29, 0.717) is 12.4 Å². The van der Waals surface area contributed by atoms with Crippen molar-refractivity contribution in [2.75, 3.05) is 44.7 Å². The van der Waals surface area contributed by atoms with E-state index in [1.54, 1.807) is 0 Å². The molecule has 3 aromatic rings. The smallest absolute Gasteiger partial charge is 0.289 e. The monoisotopic (exact) mass is 405 g/mol. The second-order valence-electron chi connectivity index (χ2n) is 7.30. The summed E-state index contributed by atoms with van der Waals surface area (Å²) in [6.45, 7) is 6.75. The standard InChI is InChI=1S/C23H27N5O2/c1-2-17-7-9-18(10-8-17)25-21-19-5-3-4-6-20(19)26-22(27-21)23(29)24-11-12-28-13-15-30-16-14-28/h3-10H,2,11-16H2,1H3,(H,24,29)(H,25,26,27). The summed E-state index contributed by atoms with van der Waals surface area (Å²) in [6.07, 6.45) is 0.992. The topological polar surface area (TPSA) is 79.4 Å². The van der Waals surface area contributed by atoms with Crippen LogP contribution in [-0.4, -0.2) is 60.2 Å². The predicted octanol–water partition coefficient (Wildman–Crippen LogP) is 3.00. The minimum atomic E-state index is -0.265. The number of hydrogen-bond acceptors (Lipinski definition) is 6. The molecule has 1 saturated heterocycles. The maximum absolute atomic E-state index is 12.7. The highest BCUT2D eigenvalue weighted by Crippen LogP contribution is 2.24. The minimum absolute atomic E-state index is 0.170. The number of rotatable bonds is 7. The number of ether oxygens (including phenoxy) is 1. The van der Waals surface area contributed by atoms with Gasteiger partial charge in [-0.1, -0.05) is 31.2 Å². The highest BCUT2D eigenvalue weighted by atomic mass is 16.5. The molecule has 1 aliphatic heterocycles. The molecule has 0 atom stereocenters. The van der Waals surface area contributed by atoms with Gasteiger partial charge in [-0.2, -0.15) is 0 Å². The molecule has 1 amide bonds. The molecular weight excluding hydrogens is 378 g/mol. The maximum atomic E-state index is 12.7. The average molecular weight is 406 g/mol. The van der Waals surface area contributed by atoms with Crippen molar-refractivity contribution in [2.45, 2.75) is 13.3 Å². The number of hydrogen-bond donors (Lipinski definition) is 2. The molecule has 0 spiro atoms. The Hall–Kier alpha value is -3.03. The molecule has 0 bridgehead atoms. The zero-order valence-corrected chi connectivity index (χ0v) is 17.2. The molecule has 1 aliphatic rings. The third-order valence-corrected chi connectivity index (χ3v) is 5.25. The normalized spacial score (nSPS) is 14.6. The van der Waals surface area contributed by atoms with Gasteiger partial charge in [-0.05, 0) is 36.2 Å². The number of morpholine rings is 1. The van der Waals surface area contributed by atoms with Gasteiger partial charge in [0.25, 0.3) is 5.91 Å². The number of anilines is 2. The first-order valence-electron chi connectivity index (χ1n) is 10.4. The summed E-state index contributed by atoms with van der Waals surface area (Å²) < 4.78 is 5.36. The largest absolute Gasteiger partial charge is 0.379 e. The van der Waals surface area contributed by atoms with Crippen LogP contribution >= 0.6 is 0 Å². The minimum Gasteiger partial charge on any atom is -0.379 e. The Balaban J connectivity index is 1.50. The lowest BCUT2D eigenvalue weighted by atomic mass is 10.1. The number of fused-ring (bicyclic) bond motifs is 1. The Kier molecular flexibility index (Phi) is 6.51. The van der Waals surface area contributed by atoms with E-state index in [9.17, 15) is 4.79 Å². The predicted molar refractivity (Wildman–Crippen MR) is 118 cm³/mol. The van der Waals surface area contributed by atoms with E-state index >= 15 is 0 Å². The molecule has 7 nitrogen and oxygen atoms in total. The number of aryl methyl sites for hydroxylation is 1. The van der Waals surface area contributed by atoms with Gasteiger partial charge in [0.1, 0.15) is 5.82 Å². The molecule has 2 N–H and O–H groups in total. The Morgan fingerprint density at radius 3 is 2.60 bits per heavy atom. The van der Waals surface area contributed by atoms with E-state index in [4.69, 9.17) is 4.74 Å². The van der Waals surface area contributed by atoms with Crippen molar-refractivity contribution in [2.24, 2.45) is 0 Å². The number of para-hydroxylation sites is 1. The van der Waals surface area contributed by atoms with Gasteiger partial charge in [0.15, 0.2) is 0 Å². The number of amides is 1. The van der Waals surface area contributed by atoms with Gasteiger partial charge in [-0.25, -0.2) is 9.97 Å². The van der Waals surface area contributed by atoms with Crippen LogP contribution in [0.25, 0.3) is 10.9 Å². The van der Waals surface area contributed by atoms with Crippen molar-refractivity contribution in [3.8, 4) is 0 Å². The fraction of sp³-hybridized carbons (Fsp3) is 0.348. The van der Waals surface area contributed by atoms with Gasteiger partial charge in [0.2, 0.25) is 5.82 Å². The Bertz CT molecular complexity index is 1000. The Morgan fingerprint density at radius 1 is 1.07 bits per heavy atom. The van der Waals surface area contributed by atoms with Crippen LogP contribution < -0.4 is 10.6 Å². The first-order chi connectivity index (χ1) is 14.7. The summed E-state index contributed by atoms with van der Waals surface area (Å²) >= 11 is 0. The molecule has 7 heteroatoms. The third kappa shape index (κ3) is 4.93. The molecule has 30 heavy (non-hydrogen) atoms. The van der Waals surface area contributed by atoms with Gasteiger partial charge in [-0.15, -0.1) is 0 Å². The third-order valence-electron chi connectivity index (χ3n) is 5.25. The number of nitrogens with one attached hydrogen (secondary N) is 2. The van der Waals surface area contributed by atoms with Crippen LogP contribution in [0, 0.1) is 0 Å². The van der Waals surface area contributed by atoms with Crippen LogP contribution in [-0.2, 0) is 11.2 Å². The SMILES string of the molecule is CCc1ccc(Nc2nc(C(=O)NCCN3CCOCC3)nc3ccccc23)cc1. The number of nitrogens with zero attached hydrogens (tertiary/aromatic N) is 3.